The molecule has 2 N–H and O–H groups in total. The number of carbonyl (C=O) groups is 2. The highest BCUT2D eigenvalue weighted by Crippen LogP contribution is 2.35. The molecule has 1 amide bonds. The Morgan fingerprint density at radius 3 is 2.36 bits per heavy atom. The van der Waals surface area contributed by atoms with Gasteiger partial charge in [-0.2, -0.15) is 0 Å². The number of ether oxygens (including phenoxy) is 2. The first kappa shape index (κ1) is 31.8. The van der Waals surface area contributed by atoms with Crippen LogP contribution >= 0.6 is 39.1 Å². The summed E-state index contributed by atoms with van der Waals surface area (Å²) in [5.74, 6) is 0.487. The second-order valence-electron chi connectivity index (χ2n) is 9.66. The van der Waals surface area contributed by atoms with Gasteiger partial charge in [-0.15, -0.1) is 0 Å². The molecule has 11 heteroatoms. The number of carboxylic acid groups (broad SMARTS) is 1. The number of hydrogen-bond donors (Lipinski definition) is 2. The normalized spacial score (nSPS) is 14.5. The molecule has 3 aromatic carbocycles. The first-order valence-electron chi connectivity index (χ1n) is 13.4. The van der Waals surface area contributed by atoms with E-state index in [4.69, 9.17) is 42.6 Å². The molecule has 1 aliphatic heterocycles. The molecule has 0 spiro atoms. The maximum Gasteiger partial charge on any atom is 0.290 e. The van der Waals surface area contributed by atoms with E-state index in [-0.39, 0.29) is 47.4 Å². The Kier molecular flexibility index (Phi) is 11.7. The highest BCUT2D eigenvalue weighted by atomic mass is 79.9. The van der Waals surface area contributed by atoms with E-state index in [0.717, 1.165) is 64.7 Å². The number of amides is 1. The van der Waals surface area contributed by atoms with Crippen LogP contribution in [-0.4, -0.2) is 54.7 Å². The van der Waals surface area contributed by atoms with Crippen molar-refractivity contribution in [2.75, 3.05) is 26.3 Å². The van der Waals surface area contributed by atoms with Gasteiger partial charge in [0.05, 0.1) is 10.0 Å². The molecular weight excluding hydrogens is 650 g/mol. The third-order valence-corrected chi connectivity index (χ3v) is 8.12. The standard InChI is InChI=1S/C30H28BrCl2FN2O3.CH2O2/c31-26-4-2-1-3-20(26)18-36(22-7-8-22)30(37)25-17-35-12-11-24(25)19-5-9-23(10-6-19)38-13-14-39-29-27(32)15-21(34)16-28(29)33;2-1-3/h1-6,9-10,15-16,22,35H,7-8,11-14,17-18H2;1H,(H,2,3). The maximum absolute atomic E-state index is 13.8. The zero-order valence-electron chi connectivity index (χ0n) is 22.6. The van der Waals surface area contributed by atoms with E-state index in [0.29, 0.717) is 18.8 Å². The van der Waals surface area contributed by atoms with Crippen molar-refractivity contribution in [3.63, 3.8) is 0 Å². The van der Waals surface area contributed by atoms with Gasteiger partial charge in [0.15, 0.2) is 5.75 Å². The summed E-state index contributed by atoms with van der Waals surface area (Å²) in [4.78, 5) is 24.2. The van der Waals surface area contributed by atoms with Gasteiger partial charge in [-0.3, -0.25) is 9.59 Å². The number of benzene rings is 3. The second kappa shape index (κ2) is 15.4. The quantitative estimate of drug-likeness (QED) is 0.177. The van der Waals surface area contributed by atoms with Crippen molar-refractivity contribution in [1.82, 2.24) is 10.2 Å². The summed E-state index contributed by atoms with van der Waals surface area (Å²) in [7, 11) is 0. The molecule has 0 bridgehead atoms. The van der Waals surface area contributed by atoms with Gasteiger partial charge in [0.2, 0.25) is 0 Å². The van der Waals surface area contributed by atoms with Crippen molar-refractivity contribution in [1.29, 1.82) is 0 Å². The third kappa shape index (κ3) is 8.47. The molecule has 1 aliphatic carbocycles. The van der Waals surface area contributed by atoms with Gasteiger partial charge in [-0.25, -0.2) is 4.39 Å². The molecule has 2 aliphatic rings. The van der Waals surface area contributed by atoms with Gasteiger partial charge in [-0.1, -0.05) is 69.5 Å². The average molecular weight is 680 g/mol. The Bertz CT molecular complexity index is 1410. The molecule has 7 nitrogen and oxygen atoms in total. The number of nitrogens with one attached hydrogen (secondary N) is 1. The molecule has 1 fully saturated rings. The van der Waals surface area contributed by atoms with E-state index in [1.54, 1.807) is 0 Å². The van der Waals surface area contributed by atoms with Crippen LogP contribution < -0.4 is 14.8 Å². The lowest BCUT2D eigenvalue weighted by molar-refractivity contribution is -0.128. The van der Waals surface area contributed by atoms with Crippen LogP contribution in [0.25, 0.3) is 5.57 Å². The van der Waals surface area contributed by atoms with Crippen molar-refractivity contribution in [2.24, 2.45) is 0 Å². The fourth-order valence-corrected chi connectivity index (χ4v) is 5.65. The van der Waals surface area contributed by atoms with Crippen molar-refractivity contribution in [3.8, 4) is 11.5 Å². The van der Waals surface area contributed by atoms with Gasteiger partial charge in [0, 0.05) is 29.2 Å². The summed E-state index contributed by atoms with van der Waals surface area (Å²) < 4.78 is 25.8. The number of carbonyl (C=O) groups excluding carboxylic acids is 1. The lowest BCUT2D eigenvalue weighted by Gasteiger charge is -2.28. The fraction of sp³-hybridized carbons (Fsp3) is 0.290. The van der Waals surface area contributed by atoms with Crippen LogP contribution in [0, 0.1) is 5.82 Å². The summed E-state index contributed by atoms with van der Waals surface area (Å²) in [6, 6.07) is 18.4. The summed E-state index contributed by atoms with van der Waals surface area (Å²) >= 11 is 15.7. The average Bonchev–Trinajstić information content (AvgIpc) is 3.82. The van der Waals surface area contributed by atoms with E-state index >= 15 is 0 Å². The largest absolute Gasteiger partial charge is 0.490 e. The molecule has 0 aromatic heterocycles. The van der Waals surface area contributed by atoms with E-state index in [1.165, 1.54) is 0 Å². The number of hydrogen-bond acceptors (Lipinski definition) is 5. The molecule has 1 saturated carbocycles. The van der Waals surface area contributed by atoms with Gasteiger partial charge in [0.1, 0.15) is 24.8 Å². The number of nitrogens with zero attached hydrogens (tertiary/aromatic N) is 1. The minimum atomic E-state index is -0.521. The van der Waals surface area contributed by atoms with E-state index < -0.39 is 5.82 Å². The summed E-state index contributed by atoms with van der Waals surface area (Å²) in [5.41, 5.74) is 4.03. The van der Waals surface area contributed by atoms with Gasteiger partial charge >= 0.3 is 0 Å². The lowest BCUT2D eigenvalue weighted by atomic mass is 9.93. The molecule has 42 heavy (non-hydrogen) atoms. The molecule has 0 radical (unpaired) electrons. The molecule has 0 saturated heterocycles. The minimum Gasteiger partial charge on any atom is -0.490 e. The van der Waals surface area contributed by atoms with Crippen LogP contribution in [0.1, 0.15) is 30.4 Å². The van der Waals surface area contributed by atoms with E-state index in [9.17, 15) is 9.18 Å². The van der Waals surface area contributed by atoms with Gasteiger partial charge in [-0.05, 0) is 72.8 Å². The number of rotatable bonds is 10. The lowest BCUT2D eigenvalue weighted by Crippen LogP contribution is -2.39. The fourth-order valence-electron chi connectivity index (χ4n) is 4.67. The van der Waals surface area contributed by atoms with Crippen molar-refractivity contribution in [2.45, 2.75) is 31.8 Å². The predicted molar refractivity (Wildman–Crippen MR) is 165 cm³/mol. The molecule has 0 atom stereocenters. The maximum atomic E-state index is 13.8. The Morgan fingerprint density at radius 1 is 1.07 bits per heavy atom. The molecule has 0 unspecified atom stereocenters. The zero-order chi connectivity index (χ0) is 30.1. The molecule has 3 aromatic rings. The topological polar surface area (TPSA) is 88.1 Å². The molecular formula is C31H30BrCl2FN2O5. The van der Waals surface area contributed by atoms with Gasteiger partial charge in [0.25, 0.3) is 12.4 Å². The number of halogens is 4. The zero-order valence-corrected chi connectivity index (χ0v) is 25.7. The van der Waals surface area contributed by atoms with Crippen LogP contribution in [0.2, 0.25) is 10.0 Å². The first-order chi connectivity index (χ1) is 20.3. The third-order valence-electron chi connectivity index (χ3n) is 6.79. The van der Waals surface area contributed by atoms with Crippen LogP contribution in [0.15, 0.2) is 70.7 Å². The van der Waals surface area contributed by atoms with E-state index in [2.05, 4.69) is 27.3 Å². The van der Waals surface area contributed by atoms with Crippen molar-refractivity contribution >= 4 is 57.1 Å². The Morgan fingerprint density at radius 2 is 1.71 bits per heavy atom. The Balaban J connectivity index is 0.00000129. The van der Waals surface area contributed by atoms with Gasteiger partial charge < -0.3 is 24.8 Å². The summed E-state index contributed by atoms with van der Waals surface area (Å²) in [6.07, 6.45) is 2.87. The monoisotopic (exact) mass is 678 g/mol. The Labute approximate surface area is 262 Å². The highest BCUT2D eigenvalue weighted by Gasteiger charge is 2.35. The molecule has 222 valence electrons. The minimum absolute atomic E-state index is 0.103. The molecule has 5 rings (SSSR count). The van der Waals surface area contributed by atoms with Crippen LogP contribution in [0.5, 0.6) is 11.5 Å². The second-order valence-corrected chi connectivity index (χ2v) is 11.3. The first-order valence-corrected chi connectivity index (χ1v) is 14.9. The predicted octanol–water partition coefficient (Wildman–Crippen LogP) is 6.99. The Hall–Kier alpha value is -3.11. The van der Waals surface area contributed by atoms with Crippen LogP contribution in [-0.2, 0) is 16.1 Å². The molecule has 1 heterocycles. The van der Waals surface area contributed by atoms with Crippen LogP contribution in [0.4, 0.5) is 4.39 Å². The summed E-state index contributed by atoms with van der Waals surface area (Å²) in [6.45, 7) is 2.16. The highest BCUT2D eigenvalue weighted by molar-refractivity contribution is 9.10. The van der Waals surface area contributed by atoms with Crippen molar-refractivity contribution < 1.29 is 28.6 Å². The van der Waals surface area contributed by atoms with Crippen molar-refractivity contribution in [3.05, 3.63) is 97.7 Å². The van der Waals surface area contributed by atoms with Crippen LogP contribution in [0.3, 0.4) is 0 Å². The van der Waals surface area contributed by atoms with E-state index in [1.807, 2.05) is 47.4 Å². The smallest absolute Gasteiger partial charge is 0.290 e. The summed E-state index contributed by atoms with van der Waals surface area (Å²) in [5, 5.41) is 10.5. The SMILES string of the molecule is O=C(C1=C(c2ccc(OCCOc3c(Cl)cc(F)cc3Cl)cc2)CCNC1)N(Cc1ccccc1Br)C1CC1.O=CO.